The standard InChI is InChI=1S/C11H10Cl2/c12-10-8-5-9(11(10)13)7-4-2-1-3-6(7)8/h1-4,8-11H,5H2/t8-,9-,10-,11-/m0/s1. The molecule has 1 aromatic rings. The minimum atomic E-state index is 0.140. The fourth-order valence-corrected chi connectivity index (χ4v) is 3.59. The molecule has 2 bridgehead atoms. The van der Waals surface area contributed by atoms with E-state index < -0.39 is 0 Å². The maximum atomic E-state index is 6.26. The smallest absolute Gasteiger partial charge is 0.0574 e. The Kier molecular flexibility index (Phi) is 1.66. The predicted octanol–water partition coefficient (Wildman–Crippen LogP) is 3.49. The van der Waals surface area contributed by atoms with E-state index in [4.69, 9.17) is 23.2 Å². The third-order valence-electron chi connectivity index (χ3n) is 3.38. The van der Waals surface area contributed by atoms with E-state index in [-0.39, 0.29) is 10.8 Å². The summed E-state index contributed by atoms with van der Waals surface area (Å²) in [5.74, 6) is 1.01. The highest BCUT2D eigenvalue weighted by atomic mass is 35.5. The Bertz CT molecular complexity index is 315. The van der Waals surface area contributed by atoms with Gasteiger partial charge in [-0.1, -0.05) is 24.3 Å². The topological polar surface area (TPSA) is 0 Å². The summed E-state index contributed by atoms with van der Waals surface area (Å²) in [5, 5.41) is 0.281. The number of rotatable bonds is 0. The third kappa shape index (κ3) is 0.936. The van der Waals surface area contributed by atoms with E-state index in [9.17, 15) is 0 Å². The second-order valence-corrected chi connectivity index (χ2v) is 4.97. The van der Waals surface area contributed by atoms with Crippen molar-refractivity contribution in [1.82, 2.24) is 0 Å². The van der Waals surface area contributed by atoms with Crippen molar-refractivity contribution in [2.45, 2.75) is 29.0 Å². The molecule has 0 aliphatic heterocycles. The first kappa shape index (κ1) is 8.14. The molecule has 0 spiro atoms. The Morgan fingerprint density at radius 3 is 1.85 bits per heavy atom. The molecule has 4 atom stereocenters. The fourth-order valence-electron chi connectivity index (χ4n) is 2.76. The highest BCUT2D eigenvalue weighted by Crippen LogP contribution is 2.56. The van der Waals surface area contributed by atoms with Gasteiger partial charge in [0.2, 0.25) is 0 Å². The summed E-state index contributed by atoms with van der Waals surface area (Å²) in [6, 6.07) is 8.56. The molecule has 3 rings (SSSR count). The Balaban J connectivity index is 2.16. The molecule has 2 aliphatic rings. The van der Waals surface area contributed by atoms with Gasteiger partial charge in [0.25, 0.3) is 0 Å². The van der Waals surface area contributed by atoms with Crippen LogP contribution in [0.5, 0.6) is 0 Å². The molecule has 0 radical (unpaired) electrons. The van der Waals surface area contributed by atoms with E-state index in [1.54, 1.807) is 0 Å². The van der Waals surface area contributed by atoms with Crippen molar-refractivity contribution in [3.05, 3.63) is 35.4 Å². The molecule has 1 saturated carbocycles. The zero-order valence-corrected chi connectivity index (χ0v) is 8.59. The molecular weight excluding hydrogens is 203 g/mol. The third-order valence-corrected chi connectivity index (χ3v) is 4.66. The van der Waals surface area contributed by atoms with Gasteiger partial charge < -0.3 is 0 Å². The van der Waals surface area contributed by atoms with Crippen molar-refractivity contribution in [1.29, 1.82) is 0 Å². The lowest BCUT2D eigenvalue weighted by atomic mass is 9.91. The van der Waals surface area contributed by atoms with E-state index in [2.05, 4.69) is 24.3 Å². The Hall–Kier alpha value is -0.200. The Labute approximate surface area is 87.9 Å². The van der Waals surface area contributed by atoms with Gasteiger partial charge in [0.05, 0.1) is 10.8 Å². The zero-order chi connectivity index (χ0) is 9.00. The molecule has 1 aromatic carbocycles. The van der Waals surface area contributed by atoms with Gasteiger partial charge >= 0.3 is 0 Å². The van der Waals surface area contributed by atoms with E-state index in [1.807, 2.05) is 0 Å². The number of alkyl halides is 2. The molecule has 0 nitrogen and oxygen atoms in total. The van der Waals surface area contributed by atoms with E-state index in [0.717, 1.165) is 6.42 Å². The van der Waals surface area contributed by atoms with E-state index >= 15 is 0 Å². The average molecular weight is 213 g/mol. The van der Waals surface area contributed by atoms with Crippen LogP contribution < -0.4 is 0 Å². The van der Waals surface area contributed by atoms with Crippen LogP contribution >= 0.6 is 23.2 Å². The van der Waals surface area contributed by atoms with Crippen LogP contribution in [-0.2, 0) is 0 Å². The van der Waals surface area contributed by atoms with Gasteiger partial charge in [0, 0.05) is 11.8 Å². The van der Waals surface area contributed by atoms with E-state index in [1.165, 1.54) is 11.1 Å². The van der Waals surface area contributed by atoms with Gasteiger partial charge in [0.1, 0.15) is 0 Å². The maximum absolute atomic E-state index is 6.26. The number of fused-ring (bicyclic) bond motifs is 5. The number of hydrogen-bond donors (Lipinski definition) is 0. The molecular formula is C11H10Cl2. The molecule has 2 aliphatic carbocycles. The number of benzene rings is 1. The van der Waals surface area contributed by atoms with Crippen LogP contribution in [0.4, 0.5) is 0 Å². The van der Waals surface area contributed by atoms with E-state index in [0.29, 0.717) is 11.8 Å². The molecule has 0 saturated heterocycles. The minimum Gasteiger partial charge on any atom is -0.121 e. The fraction of sp³-hybridized carbons (Fsp3) is 0.455. The van der Waals surface area contributed by atoms with Gasteiger partial charge in [-0.15, -0.1) is 23.2 Å². The van der Waals surface area contributed by atoms with Crippen molar-refractivity contribution in [3.63, 3.8) is 0 Å². The van der Waals surface area contributed by atoms with Gasteiger partial charge in [0.15, 0.2) is 0 Å². The number of halogens is 2. The molecule has 0 N–H and O–H groups in total. The minimum absolute atomic E-state index is 0.140. The van der Waals surface area contributed by atoms with Gasteiger partial charge in [-0.25, -0.2) is 0 Å². The SMILES string of the molecule is Cl[C@@H]1[C@@H](Cl)[C@H]2C[C@H]1c1ccccc12. The normalized spacial score (nSPS) is 40.8. The van der Waals surface area contributed by atoms with Gasteiger partial charge in [-0.3, -0.25) is 0 Å². The van der Waals surface area contributed by atoms with Crippen LogP contribution in [0, 0.1) is 0 Å². The lowest BCUT2D eigenvalue weighted by Gasteiger charge is -2.23. The Morgan fingerprint density at radius 1 is 0.923 bits per heavy atom. The predicted molar refractivity (Wildman–Crippen MR) is 55.8 cm³/mol. The van der Waals surface area contributed by atoms with Gasteiger partial charge in [-0.2, -0.15) is 0 Å². The molecule has 0 unspecified atom stereocenters. The maximum Gasteiger partial charge on any atom is 0.0574 e. The van der Waals surface area contributed by atoms with Crippen LogP contribution in [-0.4, -0.2) is 10.8 Å². The van der Waals surface area contributed by atoms with Crippen molar-refractivity contribution in [2.24, 2.45) is 0 Å². The molecule has 13 heavy (non-hydrogen) atoms. The lowest BCUT2D eigenvalue weighted by Crippen LogP contribution is -2.22. The summed E-state index contributed by atoms with van der Waals surface area (Å²) in [7, 11) is 0. The second-order valence-electron chi connectivity index (χ2n) is 3.97. The van der Waals surface area contributed by atoms with Crippen molar-refractivity contribution >= 4 is 23.2 Å². The molecule has 0 aromatic heterocycles. The largest absolute Gasteiger partial charge is 0.121 e. The first-order chi connectivity index (χ1) is 6.29. The first-order valence-electron chi connectivity index (χ1n) is 4.66. The van der Waals surface area contributed by atoms with Crippen LogP contribution in [0.1, 0.15) is 29.4 Å². The summed E-state index contributed by atoms with van der Waals surface area (Å²) in [6.07, 6.45) is 1.15. The van der Waals surface area contributed by atoms with Crippen LogP contribution in [0.3, 0.4) is 0 Å². The molecule has 1 fully saturated rings. The van der Waals surface area contributed by atoms with Gasteiger partial charge in [-0.05, 0) is 17.5 Å². The molecule has 0 amide bonds. The quantitative estimate of drug-likeness (QED) is 0.578. The average Bonchev–Trinajstić information content (AvgIpc) is 2.66. The van der Waals surface area contributed by atoms with Crippen molar-refractivity contribution in [3.8, 4) is 0 Å². The van der Waals surface area contributed by atoms with Crippen LogP contribution in [0.15, 0.2) is 24.3 Å². The lowest BCUT2D eigenvalue weighted by molar-refractivity contribution is 0.735. The number of hydrogen-bond acceptors (Lipinski definition) is 0. The molecule has 0 heterocycles. The molecule has 68 valence electrons. The highest BCUT2D eigenvalue weighted by Gasteiger charge is 2.49. The Morgan fingerprint density at radius 2 is 1.38 bits per heavy atom. The summed E-state index contributed by atoms with van der Waals surface area (Å²) in [5.41, 5.74) is 2.87. The van der Waals surface area contributed by atoms with Crippen molar-refractivity contribution < 1.29 is 0 Å². The summed E-state index contributed by atoms with van der Waals surface area (Å²) >= 11 is 12.5. The summed E-state index contributed by atoms with van der Waals surface area (Å²) in [6.45, 7) is 0. The first-order valence-corrected chi connectivity index (χ1v) is 5.53. The summed E-state index contributed by atoms with van der Waals surface area (Å²) in [4.78, 5) is 0. The van der Waals surface area contributed by atoms with Crippen molar-refractivity contribution in [2.75, 3.05) is 0 Å². The monoisotopic (exact) mass is 212 g/mol. The highest BCUT2D eigenvalue weighted by molar-refractivity contribution is 6.31. The zero-order valence-electron chi connectivity index (χ0n) is 7.08. The second kappa shape index (κ2) is 2.65. The van der Waals surface area contributed by atoms with Crippen LogP contribution in [0.2, 0.25) is 0 Å². The van der Waals surface area contributed by atoms with Crippen LogP contribution in [0.25, 0.3) is 0 Å². The summed E-state index contributed by atoms with van der Waals surface area (Å²) < 4.78 is 0. The molecule has 2 heteroatoms.